The van der Waals surface area contributed by atoms with Crippen LogP contribution in [-0.2, 0) is 6.42 Å². The number of halogens is 2. The second-order valence-electron chi connectivity index (χ2n) is 4.33. The van der Waals surface area contributed by atoms with Gasteiger partial charge in [0.25, 0.3) is 0 Å². The van der Waals surface area contributed by atoms with Crippen LogP contribution >= 0.6 is 24.0 Å². The highest BCUT2D eigenvalue weighted by Gasteiger charge is 2.16. The summed E-state index contributed by atoms with van der Waals surface area (Å²) in [7, 11) is 0. The number of nitrogens with two attached hydrogens (primary N) is 1. The molecule has 19 heavy (non-hydrogen) atoms. The molecule has 2 aromatic carbocycles. The van der Waals surface area contributed by atoms with Gasteiger partial charge in [-0.3, -0.25) is 0 Å². The van der Waals surface area contributed by atoms with Gasteiger partial charge in [-0.15, -0.1) is 12.4 Å². The van der Waals surface area contributed by atoms with Crippen LogP contribution in [0.1, 0.15) is 17.2 Å². The molecule has 0 bridgehead atoms. The van der Waals surface area contributed by atoms with Crippen LogP contribution in [0.2, 0.25) is 5.02 Å². The van der Waals surface area contributed by atoms with Crippen molar-refractivity contribution in [2.24, 2.45) is 5.73 Å². The van der Waals surface area contributed by atoms with Gasteiger partial charge < -0.3 is 10.8 Å². The summed E-state index contributed by atoms with van der Waals surface area (Å²) in [5.74, 6) is 0. The molecule has 0 amide bonds. The Morgan fingerprint density at radius 1 is 1.00 bits per heavy atom. The van der Waals surface area contributed by atoms with E-state index in [0.29, 0.717) is 11.4 Å². The molecule has 0 heterocycles. The van der Waals surface area contributed by atoms with E-state index in [4.69, 9.17) is 17.3 Å². The highest BCUT2D eigenvalue weighted by Crippen LogP contribution is 2.19. The number of aliphatic hydroxyl groups excluding tert-OH is 1. The lowest BCUT2D eigenvalue weighted by molar-refractivity contribution is 0.145. The second-order valence-corrected chi connectivity index (χ2v) is 4.77. The highest BCUT2D eigenvalue weighted by atomic mass is 35.5. The molecule has 2 aromatic rings. The maximum Gasteiger partial charge on any atom is 0.0773 e. The first-order chi connectivity index (χ1) is 8.66. The Morgan fingerprint density at radius 2 is 1.58 bits per heavy atom. The summed E-state index contributed by atoms with van der Waals surface area (Å²) in [4.78, 5) is 0. The Kier molecular flexibility index (Phi) is 6.32. The molecule has 0 spiro atoms. The molecular weight excluding hydrogens is 281 g/mol. The number of benzene rings is 2. The molecule has 0 aliphatic rings. The lowest BCUT2D eigenvalue weighted by Gasteiger charge is -2.19. The molecule has 0 aliphatic carbocycles. The molecule has 0 unspecified atom stereocenters. The van der Waals surface area contributed by atoms with Crippen molar-refractivity contribution in [2.45, 2.75) is 18.6 Å². The second kappa shape index (κ2) is 7.51. The average Bonchev–Trinajstić information content (AvgIpc) is 2.40. The van der Waals surface area contributed by atoms with Crippen LogP contribution in [-0.4, -0.2) is 11.2 Å². The summed E-state index contributed by atoms with van der Waals surface area (Å²) in [5.41, 5.74) is 8.01. The quantitative estimate of drug-likeness (QED) is 0.909. The van der Waals surface area contributed by atoms with Crippen molar-refractivity contribution in [3.63, 3.8) is 0 Å². The minimum atomic E-state index is -0.603. The molecule has 102 valence electrons. The summed E-state index contributed by atoms with van der Waals surface area (Å²) < 4.78 is 0. The van der Waals surface area contributed by atoms with Gasteiger partial charge in [-0.05, 0) is 23.3 Å². The van der Waals surface area contributed by atoms with Crippen molar-refractivity contribution >= 4 is 24.0 Å². The van der Waals surface area contributed by atoms with Crippen LogP contribution in [0.4, 0.5) is 0 Å². The van der Waals surface area contributed by atoms with E-state index in [0.717, 1.165) is 11.1 Å². The zero-order valence-corrected chi connectivity index (χ0v) is 11.9. The van der Waals surface area contributed by atoms with Gasteiger partial charge in [0.2, 0.25) is 0 Å². The molecule has 0 aliphatic heterocycles. The zero-order valence-electron chi connectivity index (χ0n) is 10.4. The third kappa shape index (κ3) is 4.51. The summed E-state index contributed by atoms with van der Waals surface area (Å²) in [6, 6.07) is 16.7. The van der Waals surface area contributed by atoms with Gasteiger partial charge in [0, 0.05) is 11.4 Å². The minimum Gasteiger partial charge on any atom is -0.391 e. The fourth-order valence-corrected chi connectivity index (χ4v) is 2.02. The maximum atomic E-state index is 10.1. The van der Waals surface area contributed by atoms with Crippen LogP contribution in [0.15, 0.2) is 54.6 Å². The molecule has 2 atom stereocenters. The lowest BCUT2D eigenvalue weighted by Crippen LogP contribution is -2.28. The van der Waals surface area contributed by atoms with Crippen molar-refractivity contribution < 1.29 is 5.11 Å². The Morgan fingerprint density at radius 3 is 2.16 bits per heavy atom. The zero-order chi connectivity index (χ0) is 13.0. The van der Waals surface area contributed by atoms with Crippen LogP contribution < -0.4 is 5.73 Å². The summed E-state index contributed by atoms with van der Waals surface area (Å²) in [6.45, 7) is 0. The Labute approximate surface area is 124 Å². The van der Waals surface area contributed by atoms with Gasteiger partial charge in [0.15, 0.2) is 0 Å². The first kappa shape index (κ1) is 16.0. The van der Waals surface area contributed by atoms with Crippen LogP contribution in [0, 0.1) is 0 Å². The molecule has 0 aromatic heterocycles. The van der Waals surface area contributed by atoms with E-state index < -0.39 is 12.1 Å². The first-order valence-electron chi connectivity index (χ1n) is 5.90. The van der Waals surface area contributed by atoms with Crippen molar-refractivity contribution in [1.29, 1.82) is 0 Å². The summed E-state index contributed by atoms with van der Waals surface area (Å²) in [5, 5.41) is 10.8. The predicted molar refractivity (Wildman–Crippen MR) is 81.8 cm³/mol. The van der Waals surface area contributed by atoms with Gasteiger partial charge in [0.1, 0.15) is 0 Å². The third-order valence-corrected chi connectivity index (χ3v) is 3.21. The molecular formula is C15H17Cl2NO. The Balaban J connectivity index is 0.00000180. The van der Waals surface area contributed by atoms with Gasteiger partial charge in [-0.2, -0.15) is 0 Å². The van der Waals surface area contributed by atoms with Gasteiger partial charge in [-0.1, -0.05) is 54.1 Å². The molecule has 0 saturated heterocycles. The van der Waals surface area contributed by atoms with Crippen LogP contribution in [0.25, 0.3) is 0 Å². The molecule has 0 saturated carbocycles. The number of rotatable bonds is 4. The van der Waals surface area contributed by atoms with E-state index in [9.17, 15) is 5.11 Å². The standard InChI is InChI=1S/C15H16ClNO.ClH/c16-13-8-6-12(7-9-13)15(17)14(18)10-11-4-2-1-3-5-11;/h1-9,14-15,18H,10,17H2;1H/t14-,15+;/m1./s1. The van der Waals surface area contributed by atoms with Gasteiger partial charge in [0.05, 0.1) is 12.1 Å². The fourth-order valence-electron chi connectivity index (χ4n) is 1.89. The van der Waals surface area contributed by atoms with Gasteiger partial charge >= 0.3 is 0 Å². The summed E-state index contributed by atoms with van der Waals surface area (Å²) >= 11 is 5.82. The molecule has 4 heteroatoms. The van der Waals surface area contributed by atoms with E-state index in [1.165, 1.54) is 0 Å². The number of aliphatic hydroxyl groups is 1. The maximum absolute atomic E-state index is 10.1. The lowest BCUT2D eigenvalue weighted by atomic mass is 9.97. The van der Waals surface area contributed by atoms with E-state index >= 15 is 0 Å². The van der Waals surface area contributed by atoms with Crippen molar-refractivity contribution in [3.05, 3.63) is 70.7 Å². The summed E-state index contributed by atoms with van der Waals surface area (Å²) in [6.07, 6.45) is -0.0569. The van der Waals surface area contributed by atoms with Crippen molar-refractivity contribution in [3.8, 4) is 0 Å². The van der Waals surface area contributed by atoms with E-state index in [1.54, 1.807) is 12.1 Å². The smallest absolute Gasteiger partial charge is 0.0773 e. The fraction of sp³-hybridized carbons (Fsp3) is 0.200. The van der Waals surface area contributed by atoms with E-state index in [1.807, 2.05) is 42.5 Å². The van der Waals surface area contributed by atoms with Crippen LogP contribution in [0.5, 0.6) is 0 Å². The average molecular weight is 298 g/mol. The molecule has 0 radical (unpaired) electrons. The molecule has 2 rings (SSSR count). The largest absolute Gasteiger partial charge is 0.391 e. The molecule has 0 fully saturated rings. The van der Waals surface area contributed by atoms with Crippen molar-refractivity contribution in [2.75, 3.05) is 0 Å². The third-order valence-electron chi connectivity index (χ3n) is 2.96. The topological polar surface area (TPSA) is 46.2 Å². The minimum absolute atomic E-state index is 0. The highest BCUT2D eigenvalue weighted by molar-refractivity contribution is 6.30. The SMILES string of the molecule is Cl.N[C@@H](c1ccc(Cl)cc1)[C@H](O)Cc1ccccc1. The van der Waals surface area contributed by atoms with Crippen molar-refractivity contribution in [1.82, 2.24) is 0 Å². The normalized spacial score (nSPS) is 13.4. The first-order valence-corrected chi connectivity index (χ1v) is 6.27. The van der Waals surface area contributed by atoms with Gasteiger partial charge in [-0.25, -0.2) is 0 Å². The predicted octanol–water partition coefficient (Wildman–Crippen LogP) is 3.37. The molecule has 3 N–H and O–H groups in total. The van der Waals surface area contributed by atoms with E-state index in [-0.39, 0.29) is 12.4 Å². The Hall–Kier alpha value is -1.06. The number of hydrogen-bond donors (Lipinski definition) is 2. The Bertz CT molecular complexity index is 487. The molecule has 2 nitrogen and oxygen atoms in total. The van der Waals surface area contributed by atoms with Crippen LogP contribution in [0.3, 0.4) is 0 Å². The number of hydrogen-bond acceptors (Lipinski definition) is 2. The monoisotopic (exact) mass is 297 g/mol. The van der Waals surface area contributed by atoms with E-state index in [2.05, 4.69) is 0 Å².